The zero-order valence-corrected chi connectivity index (χ0v) is 8.39. The van der Waals surface area contributed by atoms with Crippen LogP contribution in [0.2, 0.25) is 0 Å². The molecule has 0 radical (unpaired) electrons. The molecule has 0 saturated carbocycles. The van der Waals surface area contributed by atoms with Crippen molar-refractivity contribution in [2.45, 2.75) is 27.7 Å². The topological polar surface area (TPSA) is 9.23 Å². The summed E-state index contributed by atoms with van der Waals surface area (Å²) in [5.41, 5.74) is 0. The number of rotatable bonds is 6. The van der Waals surface area contributed by atoms with Gasteiger partial charge in [0.25, 0.3) is 0 Å². The fourth-order valence-corrected chi connectivity index (χ4v) is 1.23. The molecule has 0 aliphatic rings. The smallest absolute Gasteiger partial charge is 0.183 e. The molecule has 0 saturated heterocycles. The van der Waals surface area contributed by atoms with Crippen molar-refractivity contribution in [3.05, 3.63) is 0 Å². The van der Waals surface area contributed by atoms with Crippen LogP contribution in [0.3, 0.4) is 0 Å². The van der Waals surface area contributed by atoms with Crippen LogP contribution in [0.5, 0.6) is 0 Å². The molecular formula is C9H22NO+. The third kappa shape index (κ3) is 3.21. The summed E-state index contributed by atoms with van der Waals surface area (Å²) >= 11 is 0. The maximum Gasteiger partial charge on any atom is 0.183 e. The Bertz CT molecular complexity index is 81.3. The molecule has 0 atom stereocenters. The molecule has 2 heteroatoms. The summed E-state index contributed by atoms with van der Waals surface area (Å²) in [5.74, 6) is 0. The molecule has 0 bridgehead atoms. The Morgan fingerprint density at radius 1 is 0.909 bits per heavy atom. The van der Waals surface area contributed by atoms with Gasteiger partial charge in [0, 0.05) is 6.61 Å². The molecule has 0 spiro atoms. The summed E-state index contributed by atoms with van der Waals surface area (Å²) in [6.07, 6.45) is 0. The second kappa shape index (κ2) is 5.56. The lowest BCUT2D eigenvalue weighted by atomic mass is 10.4. The van der Waals surface area contributed by atoms with Crippen molar-refractivity contribution in [2.75, 3.05) is 33.0 Å². The van der Waals surface area contributed by atoms with E-state index in [1.807, 2.05) is 0 Å². The molecule has 0 aliphatic heterocycles. The minimum atomic E-state index is 0.833. The standard InChI is InChI=1S/C9H22NO/c1-5-10(6-2,7-3)9-11-8-4/h5-9H2,1-4H3/q+1. The van der Waals surface area contributed by atoms with Crippen molar-refractivity contribution < 1.29 is 9.22 Å². The van der Waals surface area contributed by atoms with E-state index in [0.717, 1.165) is 17.8 Å². The molecule has 0 aromatic rings. The monoisotopic (exact) mass is 160 g/mol. The van der Waals surface area contributed by atoms with Gasteiger partial charge in [-0.2, -0.15) is 0 Å². The Labute approximate surface area is 70.7 Å². The maximum absolute atomic E-state index is 5.44. The molecule has 0 aromatic carbocycles. The van der Waals surface area contributed by atoms with Gasteiger partial charge in [-0.05, 0) is 27.7 Å². The van der Waals surface area contributed by atoms with E-state index < -0.39 is 0 Å². The summed E-state index contributed by atoms with van der Waals surface area (Å²) < 4.78 is 6.54. The van der Waals surface area contributed by atoms with E-state index in [2.05, 4.69) is 27.7 Å². The molecule has 0 rings (SSSR count). The van der Waals surface area contributed by atoms with Crippen LogP contribution in [0, 0.1) is 0 Å². The number of hydrogen-bond donors (Lipinski definition) is 0. The van der Waals surface area contributed by atoms with E-state index in [9.17, 15) is 0 Å². The van der Waals surface area contributed by atoms with E-state index >= 15 is 0 Å². The summed E-state index contributed by atoms with van der Waals surface area (Å²) in [7, 11) is 0. The Hall–Kier alpha value is -0.0800. The highest BCUT2D eigenvalue weighted by molar-refractivity contribution is 4.29. The number of quaternary nitrogens is 1. The summed E-state index contributed by atoms with van der Waals surface area (Å²) in [5, 5.41) is 0. The first kappa shape index (κ1) is 10.9. The summed E-state index contributed by atoms with van der Waals surface area (Å²) in [6.45, 7) is 14.0. The highest BCUT2D eigenvalue weighted by atomic mass is 16.5. The fourth-order valence-electron chi connectivity index (χ4n) is 1.23. The Morgan fingerprint density at radius 3 is 1.64 bits per heavy atom. The average molecular weight is 160 g/mol. The molecule has 2 nitrogen and oxygen atoms in total. The normalized spacial score (nSPS) is 12.0. The van der Waals surface area contributed by atoms with Gasteiger partial charge < -0.3 is 9.22 Å². The first-order valence-electron chi connectivity index (χ1n) is 4.67. The fraction of sp³-hybridized carbons (Fsp3) is 1.00. The van der Waals surface area contributed by atoms with Gasteiger partial charge in [0.15, 0.2) is 6.73 Å². The molecule has 0 aliphatic carbocycles. The zero-order valence-electron chi connectivity index (χ0n) is 8.39. The third-order valence-electron chi connectivity index (χ3n) is 2.58. The van der Waals surface area contributed by atoms with Gasteiger partial charge in [-0.1, -0.05) is 0 Å². The largest absolute Gasteiger partial charge is 0.332 e. The van der Waals surface area contributed by atoms with Gasteiger partial charge in [-0.25, -0.2) is 0 Å². The molecule has 0 heterocycles. The summed E-state index contributed by atoms with van der Waals surface area (Å²) in [6, 6.07) is 0. The first-order chi connectivity index (χ1) is 5.24. The second-order valence-electron chi connectivity index (χ2n) is 2.91. The molecular weight excluding hydrogens is 138 g/mol. The highest BCUT2D eigenvalue weighted by Gasteiger charge is 2.19. The highest BCUT2D eigenvalue weighted by Crippen LogP contribution is 2.04. The van der Waals surface area contributed by atoms with E-state index in [0.29, 0.717) is 0 Å². The predicted octanol–water partition coefficient (Wildman–Crippen LogP) is 1.86. The van der Waals surface area contributed by atoms with E-state index in [1.165, 1.54) is 19.6 Å². The molecule has 68 valence electrons. The Balaban J connectivity index is 3.84. The molecule has 0 N–H and O–H groups in total. The average Bonchev–Trinajstić information content (AvgIpc) is 2.08. The van der Waals surface area contributed by atoms with Crippen LogP contribution in [0.1, 0.15) is 27.7 Å². The lowest BCUT2D eigenvalue weighted by Crippen LogP contribution is -2.49. The molecule has 0 amide bonds. The van der Waals surface area contributed by atoms with Crippen molar-refractivity contribution in [3.8, 4) is 0 Å². The first-order valence-corrected chi connectivity index (χ1v) is 4.67. The van der Waals surface area contributed by atoms with Crippen molar-refractivity contribution in [2.24, 2.45) is 0 Å². The molecule has 0 aromatic heterocycles. The molecule has 11 heavy (non-hydrogen) atoms. The van der Waals surface area contributed by atoms with Crippen LogP contribution in [-0.2, 0) is 4.74 Å². The van der Waals surface area contributed by atoms with Crippen LogP contribution in [0.4, 0.5) is 0 Å². The number of hydrogen-bond acceptors (Lipinski definition) is 1. The zero-order chi connectivity index (χ0) is 8.74. The van der Waals surface area contributed by atoms with Crippen LogP contribution in [-0.4, -0.2) is 37.5 Å². The van der Waals surface area contributed by atoms with Gasteiger partial charge in [-0.3, -0.25) is 0 Å². The van der Waals surface area contributed by atoms with Crippen molar-refractivity contribution in [3.63, 3.8) is 0 Å². The minimum Gasteiger partial charge on any atom is -0.332 e. The van der Waals surface area contributed by atoms with Gasteiger partial charge in [0.2, 0.25) is 0 Å². The number of ether oxygens (including phenoxy) is 1. The Morgan fingerprint density at radius 2 is 1.36 bits per heavy atom. The second-order valence-corrected chi connectivity index (χ2v) is 2.91. The Kier molecular flexibility index (Phi) is 5.51. The lowest BCUT2D eigenvalue weighted by Gasteiger charge is -2.34. The third-order valence-corrected chi connectivity index (χ3v) is 2.58. The van der Waals surface area contributed by atoms with E-state index in [1.54, 1.807) is 0 Å². The van der Waals surface area contributed by atoms with E-state index in [4.69, 9.17) is 4.74 Å². The van der Waals surface area contributed by atoms with Crippen molar-refractivity contribution >= 4 is 0 Å². The quantitative estimate of drug-likeness (QED) is 0.425. The van der Waals surface area contributed by atoms with Crippen LogP contribution >= 0.6 is 0 Å². The van der Waals surface area contributed by atoms with Crippen molar-refractivity contribution in [1.82, 2.24) is 0 Å². The maximum atomic E-state index is 5.44. The van der Waals surface area contributed by atoms with E-state index in [-0.39, 0.29) is 0 Å². The van der Waals surface area contributed by atoms with Gasteiger partial charge in [0.1, 0.15) is 0 Å². The number of nitrogens with zero attached hydrogens (tertiary/aromatic N) is 1. The SMILES string of the molecule is CCOC[N+](CC)(CC)CC. The predicted molar refractivity (Wildman–Crippen MR) is 48.4 cm³/mol. The molecule has 0 fully saturated rings. The van der Waals surface area contributed by atoms with Crippen molar-refractivity contribution in [1.29, 1.82) is 0 Å². The lowest BCUT2D eigenvalue weighted by molar-refractivity contribution is -0.941. The van der Waals surface area contributed by atoms with Gasteiger partial charge in [0.05, 0.1) is 19.6 Å². The van der Waals surface area contributed by atoms with Crippen LogP contribution in [0.15, 0.2) is 0 Å². The minimum absolute atomic E-state index is 0.833. The summed E-state index contributed by atoms with van der Waals surface area (Å²) in [4.78, 5) is 0. The van der Waals surface area contributed by atoms with Crippen LogP contribution in [0.25, 0.3) is 0 Å². The van der Waals surface area contributed by atoms with Gasteiger partial charge in [-0.15, -0.1) is 0 Å². The van der Waals surface area contributed by atoms with Gasteiger partial charge >= 0.3 is 0 Å². The molecule has 0 unspecified atom stereocenters. The van der Waals surface area contributed by atoms with Crippen LogP contribution < -0.4 is 0 Å².